The van der Waals surface area contributed by atoms with Crippen molar-refractivity contribution in [3.05, 3.63) is 23.3 Å². The van der Waals surface area contributed by atoms with Crippen molar-refractivity contribution >= 4 is 5.97 Å². The average molecular weight is 252 g/mol. The summed E-state index contributed by atoms with van der Waals surface area (Å²) in [6.07, 6.45) is 6.49. The van der Waals surface area contributed by atoms with Crippen LogP contribution in [0, 0.1) is 0 Å². The molecule has 0 aromatic heterocycles. The molecule has 102 valence electrons. The summed E-state index contributed by atoms with van der Waals surface area (Å²) in [5.74, 6) is -0.252. The Balaban J connectivity index is 2.42. The maximum Gasteiger partial charge on any atom is 0.331 e. The third kappa shape index (κ3) is 5.50. The predicted octanol–water partition coefficient (Wildman–Crippen LogP) is 3.40. The van der Waals surface area contributed by atoms with E-state index in [1.807, 2.05) is 33.8 Å². The van der Waals surface area contributed by atoms with E-state index in [9.17, 15) is 4.79 Å². The number of allylic oxidation sites excluding steroid dienone is 2. The van der Waals surface area contributed by atoms with Crippen LogP contribution in [0.1, 0.15) is 47.0 Å². The van der Waals surface area contributed by atoms with Crippen molar-refractivity contribution in [1.82, 2.24) is 0 Å². The van der Waals surface area contributed by atoms with Crippen LogP contribution < -0.4 is 0 Å². The normalized spacial score (nSPS) is 22.4. The van der Waals surface area contributed by atoms with Crippen LogP contribution in [-0.2, 0) is 14.3 Å². The van der Waals surface area contributed by atoms with Crippen molar-refractivity contribution in [2.75, 3.05) is 6.61 Å². The summed E-state index contributed by atoms with van der Waals surface area (Å²) in [6.45, 7) is 8.47. The first-order valence-corrected chi connectivity index (χ1v) is 6.59. The predicted molar refractivity (Wildman–Crippen MR) is 72.3 cm³/mol. The first-order valence-electron chi connectivity index (χ1n) is 6.59. The molecule has 0 saturated heterocycles. The number of carbonyl (C=O) groups is 1. The van der Waals surface area contributed by atoms with Gasteiger partial charge in [0.05, 0.1) is 12.7 Å². The van der Waals surface area contributed by atoms with E-state index >= 15 is 0 Å². The zero-order valence-electron chi connectivity index (χ0n) is 11.9. The summed E-state index contributed by atoms with van der Waals surface area (Å²) in [6, 6.07) is 0. The summed E-state index contributed by atoms with van der Waals surface area (Å²) in [5.41, 5.74) is 2.20. The van der Waals surface area contributed by atoms with Crippen LogP contribution in [0.3, 0.4) is 0 Å². The number of rotatable bonds is 5. The van der Waals surface area contributed by atoms with Crippen LogP contribution in [0.5, 0.6) is 0 Å². The third-order valence-electron chi connectivity index (χ3n) is 2.87. The van der Waals surface area contributed by atoms with Gasteiger partial charge in [0.25, 0.3) is 0 Å². The SMILES string of the molecule is CC(C)=CCOC1CCCC1OC(=O)C=C(C)C. The quantitative estimate of drug-likeness (QED) is 0.427. The van der Waals surface area contributed by atoms with Gasteiger partial charge in [-0.2, -0.15) is 0 Å². The molecule has 2 atom stereocenters. The monoisotopic (exact) mass is 252 g/mol. The Morgan fingerprint density at radius 3 is 2.39 bits per heavy atom. The van der Waals surface area contributed by atoms with Gasteiger partial charge in [-0.05, 0) is 47.0 Å². The highest BCUT2D eigenvalue weighted by Gasteiger charge is 2.30. The van der Waals surface area contributed by atoms with Crippen LogP contribution in [0.4, 0.5) is 0 Å². The number of hydrogen-bond acceptors (Lipinski definition) is 3. The molecule has 0 radical (unpaired) electrons. The first kappa shape index (κ1) is 15.0. The molecular weight excluding hydrogens is 228 g/mol. The Hall–Kier alpha value is -1.09. The fourth-order valence-electron chi connectivity index (χ4n) is 1.97. The topological polar surface area (TPSA) is 35.5 Å². The molecule has 2 unspecified atom stereocenters. The van der Waals surface area contributed by atoms with Crippen LogP contribution in [0.15, 0.2) is 23.3 Å². The molecule has 18 heavy (non-hydrogen) atoms. The lowest BCUT2D eigenvalue weighted by molar-refractivity contribution is -0.148. The molecule has 3 nitrogen and oxygen atoms in total. The Kier molecular flexibility index (Phi) is 6.13. The number of ether oxygens (including phenoxy) is 2. The highest BCUT2D eigenvalue weighted by molar-refractivity contribution is 5.82. The zero-order chi connectivity index (χ0) is 13.5. The van der Waals surface area contributed by atoms with E-state index < -0.39 is 0 Å². The Labute approximate surface area is 110 Å². The third-order valence-corrected chi connectivity index (χ3v) is 2.87. The fourth-order valence-corrected chi connectivity index (χ4v) is 1.97. The Bertz CT molecular complexity index is 334. The highest BCUT2D eigenvalue weighted by atomic mass is 16.6. The molecule has 0 amide bonds. The summed E-state index contributed by atoms with van der Waals surface area (Å²) >= 11 is 0. The largest absolute Gasteiger partial charge is 0.456 e. The van der Waals surface area contributed by atoms with Crippen molar-refractivity contribution in [2.45, 2.75) is 59.2 Å². The van der Waals surface area contributed by atoms with Gasteiger partial charge in [0.15, 0.2) is 0 Å². The average Bonchev–Trinajstić information content (AvgIpc) is 2.63. The smallest absolute Gasteiger partial charge is 0.331 e. The Morgan fingerprint density at radius 2 is 1.78 bits per heavy atom. The maximum absolute atomic E-state index is 11.6. The molecule has 0 bridgehead atoms. The van der Waals surface area contributed by atoms with E-state index in [2.05, 4.69) is 0 Å². The molecule has 0 aliphatic heterocycles. The summed E-state index contributed by atoms with van der Waals surface area (Å²) in [5, 5.41) is 0. The lowest BCUT2D eigenvalue weighted by Gasteiger charge is -2.19. The van der Waals surface area contributed by atoms with E-state index in [0.717, 1.165) is 24.8 Å². The second-order valence-electron chi connectivity index (χ2n) is 5.28. The second kappa shape index (κ2) is 7.37. The molecule has 3 heteroatoms. The van der Waals surface area contributed by atoms with E-state index in [0.29, 0.717) is 6.61 Å². The molecule has 1 aliphatic carbocycles. The highest BCUT2D eigenvalue weighted by Crippen LogP contribution is 2.25. The fraction of sp³-hybridized carbons (Fsp3) is 0.667. The molecule has 0 aromatic carbocycles. The number of hydrogen-bond donors (Lipinski definition) is 0. The molecule has 1 fully saturated rings. The Morgan fingerprint density at radius 1 is 1.11 bits per heavy atom. The lowest BCUT2D eigenvalue weighted by Crippen LogP contribution is -2.28. The summed E-state index contributed by atoms with van der Waals surface area (Å²) in [4.78, 5) is 11.6. The molecule has 0 heterocycles. The van der Waals surface area contributed by atoms with Crippen LogP contribution >= 0.6 is 0 Å². The van der Waals surface area contributed by atoms with E-state index in [-0.39, 0.29) is 18.2 Å². The minimum Gasteiger partial charge on any atom is -0.456 e. The van der Waals surface area contributed by atoms with Gasteiger partial charge in [-0.1, -0.05) is 17.2 Å². The molecule has 1 aliphatic rings. The number of carbonyl (C=O) groups excluding carboxylic acids is 1. The van der Waals surface area contributed by atoms with Crippen molar-refractivity contribution in [1.29, 1.82) is 0 Å². The maximum atomic E-state index is 11.6. The zero-order valence-corrected chi connectivity index (χ0v) is 11.9. The standard InChI is InChI=1S/C15H24O3/c1-11(2)8-9-17-13-6-5-7-14(13)18-15(16)10-12(3)4/h8,10,13-14H,5-7,9H2,1-4H3. The van der Waals surface area contributed by atoms with Crippen LogP contribution in [0.2, 0.25) is 0 Å². The van der Waals surface area contributed by atoms with Gasteiger partial charge in [-0.3, -0.25) is 0 Å². The molecule has 0 aromatic rings. The van der Waals surface area contributed by atoms with Crippen molar-refractivity contribution in [3.63, 3.8) is 0 Å². The van der Waals surface area contributed by atoms with Crippen LogP contribution in [-0.4, -0.2) is 24.8 Å². The second-order valence-corrected chi connectivity index (χ2v) is 5.28. The van der Waals surface area contributed by atoms with E-state index in [1.54, 1.807) is 0 Å². The van der Waals surface area contributed by atoms with Gasteiger partial charge in [0.2, 0.25) is 0 Å². The van der Waals surface area contributed by atoms with E-state index in [1.165, 1.54) is 11.6 Å². The molecule has 0 spiro atoms. The van der Waals surface area contributed by atoms with Gasteiger partial charge in [0, 0.05) is 6.08 Å². The van der Waals surface area contributed by atoms with Crippen molar-refractivity contribution < 1.29 is 14.3 Å². The van der Waals surface area contributed by atoms with Gasteiger partial charge in [-0.15, -0.1) is 0 Å². The van der Waals surface area contributed by atoms with Gasteiger partial charge >= 0.3 is 5.97 Å². The van der Waals surface area contributed by atoms with Gasteiger partial charge in [-0.25, -0.2) is 4.79 Å². The first-order chi connectivity index (χ1) is 8.49. The van der Waals surface area contributed by atoms with Gasteiger partial charge < -0.3 is 9.47 Å². The van der Waals surface area contributed by atoms with Crippen molar-refractivity contribution in [3.8, 4) is 0 Å². The molecule has 1 saturated carbocycles. The molecular formula is C15H24O3. The lowest BCUT2D eigenvalue weighted by atomic mass is 10.2. The minimum absolute atomic E-state index is 0.0510. The number of esters is 1. The molecule has 1 rings (SSSR count). The summed E-state index contributed by atoms with van der Waals surface area (Å²) in [7, 11) is 0. The van der Waals surface area contributed by atoms with Crippen LogP contribution in [0.25, 0.3) is 0 Å². The summed E-state index contributed by atoms with van der Waals surface area (Å²) < 4.78 is 11.2. The van der Waals surface area contributed by atoms with Gasteiger partial charge in [0.1, 0.15) is 6.10 Å². The van der Waals surface area contributed by atoms with Crippen molar-refractivity contribution in [2.24, 2.45) is 0 Å². The van der Waals surface area contributed by atoms with E-state index in [4.69, 9.17) is 9.47 Å². The molecule has 0 N–H and O–H groups in total. The minimum atomic E-state index is -0.252.